The number of nitro groups is 1. The minimum absolute atomic E-state index is 0.00876. The van der Waals surface area contributed by atoms with Gasteiger partial charge in [0.05, 0.1) is 9.82 Å². The highest BCUT2D eigenvalue weighted by atomic mass is 32.2. The van der Waals surface area contributed by atoms with E-state index < -0.39 is 14.9 Å². The summed E-state index contributed by atoms with van der Waals surface area (Å²) in [4.78, 5) is 10.3. The van der Waals surface area contributed by atoms with Crippen molar-refractivity contribution >= 4 is 26.5 Å². The molecule has 1 fully saturated rings. The van der Waals surface area contributed by atoms with Crippen LogP contribution in [0.15, 0.2) is 71.6 Å². The molecule has 1 aliphatic carbocycles. The number of sulfonamides is 1. The molecule has 0 aromatic heterocycles. The first-order chi connectivity index (χ1) is 15.3. The summed E-state index contributed by atoms with van der Waals surface area (Å²) in [6.07, 6.45) is 3.61. The summed E-state index contributed by atoms with van der Waals surface area (Å²) in [6.45, 7) is 2.11. The maximum absolute atomic E-state index is 12.9. The van der Waals surface area contributed by atoms with Crippen molar-refractivity contribution < 1.29 is 13.3 Å². The van der Waals surface area contributed by atoms with E-state index in [-0.39, 0.29) is 28.7 Å². The number of nitro benzene ring substituents is 1. The summed E-state index contributed by atoms with van der Waals surface area (Å²) in [6, 6.07) is 19.3. The zero-order chi connectivity index (χ0) is 22.7. The van der Waals surface area contributed by atoms with E-state index >= 15 is 0 Å². The van der Waals surface area contributed by atoms with Gasteiger partial charge in [-0.1, -0.05) is 55.3 Å². The number of non-ortho nitro benzene ring substituents is 1. The second-order valence-corrected chi connectivity index (χ2v) is 10.0. The normalized spacial score (nSPS) is 20.2. The Labute approximate surface area is 188 Å². The van der Waals surface area contributed by atoms with Crippen molar-refractivity contribution in [3.63, 3.8) is 0 Å². The highest BCUT2D eigenvalue weighted by molar-refractivity contribution is 7.89. The first kappa shape index (κ1) is 22.4. The van der Waals surface area contributed by atoms with Crippen LogP contribution in [0.25, 0.3) is 10.8 Å². The van der Waals surface area contributed by atoms with E-state index in [0.717, 1.165) is 25.7 Å². The Morgan fingerprint density at radius 3 is 2.31 bits per heavy atom. The zero-order valence-corrected chi connectivity index (χ0v) is 18.7. The van der Waals surface area contributed by atoms with Crippen LogP contribution in [0.5, 0.6) is 0 Å². The van der Waals surface area contributed by atoms with Gasteiger partial charge in [-0.2, -0.15) is 0 Å². The van der Waals surface area contributed by atoms with E-state index in [1.54, 1.807) is 0 Å². The summed E-state index contributed by atoms with van der Waals surface area (Å²) in [5, 5.41) is 16.9. The molecular weight excluding hydrogens is 426 g/mol. The molecule has 3 atom stereocenters. The summed E-state index contributed by atoms with van der Waals surface area (Å²) >= 11 is 0. The summed E-state index contributed by atoms with van der Waals surface area (Å²) in [5.41, 5.74) is 1.05. The number of nitrogens with one attached hydrogen (secondary N) is 2. The lowest BCUT2D eigenvalue weighted by Gasteiger charge is -2.35. The van der Waals surface area contributed by atoms with E-state index in [9.17, 15) is 18.5 Å². The third kappa shape index (κ3) is 4.82. The molecule has 1 aliphatic rings. The number of rotatable bonds is 7. The SMILES string of the molecule is C[C@@H](N[C@@H]1CCCC[C@@H]1NS(=O)(=O)c1ccc([N+](=O)[O-])cc1)c1cccc2ccccc12. The van der Waals surface area contributed by atoms with Crippen LogP contribution >= 0.6 is 0 Å². The highest BCUT2D eigenvalue weighted by Crippen LogP contribution is 2.28. The maximum atomic E-state index is 12.9. The van der Waals surface area contributed by atoms with E-state index in [1.807, 2.05) is 18.2 Å². The van der Waals surface area contributed by atoms with Crippen LogP contribution in [0.4, 0.5) is 5.69 Å². The van der Waals surface area contributed by atoms with Gasteiger partial charge in [0, 0.05) is 30.3 Å². The molecule has 0 bridgehead atoms. The van der Waals surface area contributed by atoms with Crippen LogP contribution in [-0.2, 0) is 10.0 Å². The van der Waals surface area contributed by atoms with Crippen molar-refractivity contribution in [3.05, 3.63) is 82.4 Å². The fraction of sp³-hybridized carbons (Fsp3) is 0.333. The standard InChI is InChI=1S/C24H27N3O4S/c1-17(21-10-6-8-18-7-2-3-9-22(18)21)25-23-11-4-5-12-24(23)26-32(30,31)20-15-13-19(14-16-20)27(28)29/h2-3,6-10,13-17,23-26H,4-5,11-12H2,1H3/t17-,23-,24+/m1/s1. The van der Waals surface area contributed by atoms with Gasteiger partial charge in [0.15, 0.2) is 0 Å². The summed E-state index contributed by atoms with van der Waals surface area (Å²) < 4.78 is 28.7. The predicted octanol–water partition coefficient (Wildman–Crippen LogP) is 4.69. The minimum Gasteiger partial charge on any atom is -0.306 e. The van der Waals surface area contributed by atoms with Crippen LogP contribution in [0.1, 0.15) is 44.2 Å². The molecule has 0 spiro atoms. The lowest BCUT2D eigenvalue weighted by atomic mass is 9.89. The van der Waals surface area contributed by atoms with Gasteiger partial charge in [-0.15, -0.1) is 0 Å². The molecule has 32 heavy (non-hydrogen) atoms. The lowest BCUT2D eigenvalue weighted by Crippen LogP contribution is -2.52. The van der Waals surface area contributed by atoms with Crippen LogP contribution in [-0.4, -0.2) is 25.4 Å². The predicted molar refractivity (Wildman–Crippen MR) is 125 cm³/mol. The second kappa shape index (κ2) is 9.36. The molecule has 1 saturated carbocycles. The Balaban J connectivity index is 1.52. The number of nitrogens with zero attached hydrogens (tertiary/aromatic N) is 1. The summed E-state index contributed by atoms with van der Waals surface area (Å²) in [7, 11) is -3.78. The zero-order valence-electron chi connectivity index (χ0n) is 17.9. The quantitative estimate of drug-likeness (QED) is 0.399. The smallest absolute Gasteiger partial charge is 0.269 e. The van der Waals surface area contributed by atoms with Crippen molar-refractivity contribution in [2.24, 2.45) is 0 Å². The van der Waals surface area contributed by atoms with Crippen LogP contribution < -0.4 is 10.0 Å². The van der Waals surface area contributed by atoms with Crippen molar-refractivity contribution in [1.82, 2.24) is 10.0 Å². The lowest BCUT2D eigenvalue weighted by molar-refractivity contribution is -0.384. The third-order valence-electron chi connectivity index (χ3n) is 6.18. The second-order valence-electron chi connectivity index (χ2n) is 8.33. The van der Waals surface area contributed by atoms with Crippen LogP contribution in [0, 0.1) is 10.1 Å². The van der Waals surface area contributed by atoms with Gasteiger partial charge in [0.25, 0.3) is 5.69 Å². The van der Waals surface area contributed by atoms with Crippen molar-refractivity contribution in [2.45, 2.75) is 55.6 Å². The van der Waals surface area contributed by atoms with Gasteiger partial charge in [-0.25, -0.2) is 13.1 Å². The third-order valence-corrected chi connectivity index (χ3v) is 7.69. The molecule has 0 amide bonds. The molecule has 0 saturated heterocycles. The molecule has 4 rings (SSSR count). The molecular formula is C24H27N3O4S. The fourth-order valence-corrected chi connectivity index (χ4v) is 5.84. The van der Waals surface area contributed by atoms with E-state index in [2.05, 4.69) is 41.2 Å². The average molecular weight is 454 g/mol. The number of fused-ring (bicyclic) bond motifs is 1. The molecule has 2 N–H and O–H groups in total. The first-order valence-corrected chi connectivity index (χ1v) is 12.3. The Kier molecular flexibility index (Phi) is 6.55. The van der Waals surface area contributed by atoms with Gasteiger partial charge in [0.1, 0.15) is 0 Å². The molecule has 0 heterocycles. The number of benzene rings is 3. The first-order valence-electron chi connectivity index (χ1n) is 10.9. The van der Waals surface area contributed by atoms with Gasteiger partial charge >= 0.3 is 0 Å². The van der Waals surface area contributed by atoms with Gasteiger partial charge in [-0.3, -0.25) is 10.1 Å². The van der Waals surface area contributed by atoms with E-state index in [1.165, 1.54) is 40.6 Å². The van der Waals surface area contributed by atoms with Gasteiger partial charge in [-0.05, 0) is 48.2 Å². The molecule has 7 nitrogen and oxygen atoms in total. The topological polar surface area (TPSA) is 101 Å². The van der Waals surface area contributed by atoms with E-state index in [4.69, 9.17) is 0 Å². The van der Waals surface area contributed by atoms with Crippen molar-refractivity contribution in [2.75, 3.05) is 0 Å². The Hall–Kier alpha value is -2.81. The molecule has 8 heteroatoms. The molecule has 3 aromatic carbocycles. The van der Waals surface area contributed by atoms with Crippen LogP contribution in [0.3, 0.4) is 0 Å². The average Bonchev–Trinajstić information content (AvgIpc) is 2.80. The minimum atomic E-state index is -3.78. The molecule has 0 aliphatic heterocycles. The van der Waals surface area contributed by atoms with Gasteiger partial charge in [0.2, 0.25) is 10.0 Å². The molecule has 0 unspecified atom stereocenters. The Morgan fingerprint density at radius 1 is 0.938 bits per heavy atom. The maximum Gasteiger partial charge on any atom is 0.269 e. The largest absolute Gasteiger partial charge is 0.306 e. The Morgan fingerprint density at radius 2 is 1.59 bits per heavy atom. The molecule has 3 aromatic rings. The Bertz CT molecular complexity index is 1210. The number of hydrogen-bond acceptors (Lipinski definition) is 5. The van der Waals surface area contributed by atoms with Crippen LogP contribution in [0.2, 0.25) is 0 Å². The van der Waals surface area contributed by atoms with Crippen molar-refractivity contribution in [3.8, 4) is 0 Å². The fourth-order valence-electron chi connectivity index (χ4n) is 4.52. The van der Waals surface area contributed by atoms with Crippen molar-refractivity contribution in [1.29, 1.82) is 0 Å². The molecule has 0 radical (unpaired) electrons. The monoisotopic (exact) mass is 453 g/mol. The summed E-state index contributed by atoms with van der Waals surface area (Å²) in [5.74, 6) is 0. The van der Waals surface area contributed by atoms with Gasteiger partial charge < -0.3 is 5.32 Å². The molecule has 168 valence electrons. The number of hydrogen-bond donors (Lipinski definition) is 2. The highest BCUT2D eigenvalue weighted by Gasteiger charge is 2.31. The van der Waals surface area contributed by atoms with E-state index in [0.29, 0.717) is 0 Å².